The summed E-state index contributed by atoms with van der Waals surface area (Å²) in [4.78, 5) is 10.2. The summed E-state index contributed by atoms with van der Waals surface area (Å²) in [5, 5.41) is 8.91. The predicted molar refractivity (Wildman–Crippen MR) is 24.9 cm³/mol. The Balaban J connectivity index is 2.93. The molecule has 1 heterocycles. The fourth-order valence-corrected chi connectivity index (χ4v) is 0.317. The SMILES string of the molecule is NC(=O)c1cnn[nH]1. The zero-order chi connectivity index (χ0) is 5.98. The van der Waals surface area contributed by atoms with Crippen molar-refractivity contribution in [3.8, 4) is 0 Å². The first-order chi connectivity index (χ1) is 3.80. The van der Waals surface area contributed by atoms with Crippen LogP contribution in [0.15, 0.2) is 6.20 Å². The maximum atomic E-state index is 10.2. The van der Waals surface area contributed by atoms with Gasteiger partial charge in [-0.2, -0.15) is 0 Å². The van der Waals surface area contributed by atoms with Gasteiger partial charge >= 0.3 is 0 Å². The van der Waals surface area contributed by atoms with E-state index in [0.29, 0.717) is 0 Å². The second kappa shape index (κ2) is 1.61. The number of rotatable bonds is 1. The van der Waals surface area contributed by atoms with Crippen LogP contribution in [-0.4, -0.2) is 21.3 Å². The first-order valence-corrected chi connectivity index (χ1v) is 1.96. The molecule has 1 rings (SSSR count). The highest BCUT2D eigenvalue weighted by Gasteiger charge is 1.98. The number of nitrogens with two attached hydrogens (primary N) is 1. The van der Waals surface area contributed by atoms with E-state index in [0.717, 1.165) is 0 Å². The Morgan fingerprint density at radius 1 is 1.88 bits per heavy atom. The maximum absolute atomic E-state index is 10.2. The highest BCUT2D eigenvalue weighted by Crippen LogP contribution is 1.82. The highest BCUT2D eigenvalue weighted by molar-refractivity contribution is 5.90. The number of primary amides is 1. The molecule has 1 aromatic heterocycles. The predicted octanol–water partition coefficient (Wildman–Crippen LogP) is -1.10. The fourth-order valence-electron chi connectivity index (χ4n) is 0.317. The van der Waals surface area contributed by atoms with Crippen LogP contribution in [0.25, 0.3) is 0 Å². The highest BCUT2D eigenvalue weighted by atomic mass is 16.1. The normalized spacial score (nSPS) is 9.00. The molecule has 0 fully saturated rings. The lowest BCUT2D eigenvalue weighted by molar-refractivity contribution is 0.0995. The monoisotopic (exact) mass is 112 g/mol. The molecule has 1 aromatic rings. The number of H-pyrrole nitrogens is 1. The number of carbonyl (C=O) groups excluding carboxylic acids is 1. The average molecular weight is 112 g/mol. The summed E-state index contributed by atoms with van der Waals surface area (Å²) in [6.07, 6.45) is 1.27. The molecule has 0 aliphatic heterocycles. The van der Waals surface area contributed by atoms with Crippen molar-refractivity contribution in [3.63, 3.8) is 0 Å². The quantitative estimate of drug-likeness (QED) is 0.483. The number of carbonyl (C=O) groups is 1. The lowest BCUT2D eigenvalue weighted by Gasteiger charge is -1.78. The molecule has 0 saturated heterocycles. The Labute approximate surface area is 44.9 Å². The summed E-state index contributed by atoms with van der Waals surface area (Å²) >= 11 is 0. The molecule has 1 amide bonds. The molecule has 0 spiro atoms. The number of nitrogens with zero attached hydrogens (tertiary/aromatic N) is 2. The van der Waals surface area contributed by atoms with E-state index >= 15 is 0 Å². The van der Waals surface area contributed by atoms with Gasteiger partial charge in [-0.05, 0) is 0 Å². The van der Waals surface area contributed by atoms with Crippen LogP contribution in [-0.2, 0) is 0 Å². The third kappa shape index (κ3) is 0.651. The first-order valence-electron chi connectivity index (χ1n) is 1.96. The van der Waals surface area contributed by atoms with E-state index in [2.05, 4.69) is 15.4 Å². The van der Waals surface area contributed by atoms with Crippen LogP contribution in [0.3, 0.4) is 0 Å². The summed E-state index contributed by atoms with van der Waals surface area (Å²) < 4.78 is 0. The van der Waals surface area contributed by atoms with E-state index in [9.17, 15) is 4.79 Å². The van der Waals surface area contributed by atoms with Crippen molar-refractivity contribution in [1.29, 1.82) is 0 Å². The van der Waals surface area contributed by atoms with Crippen molar-refractivity contribution in [2.75, 3.05) is 0 Å². The summed E-state index contributed by atoms with van der Waals surface area (Å²) in [5.74, 6) is -0.546. The molecule has 42 valence electrons. The molecular weight excluding hydrogens is 108 g/mol. The van der Waals surface area contributed by atoms with Gasteiger partial charge < -0.3 is 5.73 Å². The van der Waals surface area contributed by atoms with E-state index in [-0.39, 0.29) is 5.69 Å². The maximum Gasteiger partial charge on any atom is 0.268 e. The smallest absolute Gasteiger partial charge is 0.268 e. The molecule has 3 N–H and O–H groups in total. The lowest BCUT2D eigenvalue weighted by Crippen LogP contribution is -2.10. The molecule has 8 heavy (non-hydrogen) atoms. The largest absolute Gasteiger partial charge is 0.364 e. The van der Waals surface area contributed by atoms with Gasteiger partial charge in [0.05, 0.1) is 6.20 Å². The number of nitrogens with one attached hydrogen (secondary N) is 1. The minimum absolute atomic E-state index is 0.227. The van der Waals surface area contributed by atoms with Gasteiger partial charge in [0.25, 0.3) is 5.91 Å². The summed E-state index contributed by atoms with van der Waals surface area (Å²) in [6.45, 7) is 0. The van der Waals surface area contributed by atoms with E-state index in [1.165, 1.54) is 6.20 Å². The zero-order valence-corrected chi connectivity index (χ0v) is 3.96. The summed E-state index contributed by atoms with van der Waals surface area (Å²) in [6, 6.07) is 0. The molecular formula is C3H4N4O. The molecule has 0 aliphatic carbocycles. The van der Waals surface area contributed by atoms with Gasteiger partial charge in [-0.3, -0.25) is 9.89 Å². The van der Waals surface area contributed by atoms with Crippen molar-refractivity contribution < 1.29 is 4.79 Å². The molecule has 5 heteroatoms. The van der Waals surface area contributed by atoms with Gasteiger partial charge in [-0.25, -0.2) is 0 Å². The first kappa shape index (κ1) is 4.76. The van der Waals surface area contributed by atoms with Crippen LogP contribution in [0, 0.1) is 0 Å². The van der Waals surface area contributed by atoms with Crippen LogP contribution < -0.4 is 5.73 Å². The Morgan fingerprint density at radius 2 is 2.62 bits per heavy atom. The van der Waals surface area contributed by atoms with Gasteiger partial charge in [-0.1, -0.05) is 5.21 Å². The molecule has 0 saturated carbocycles. The topological polar surface area (TPSA) is 84.7 Å². The standard InChI is InChI=1S/C3H4N4O/c4-3(8)2-1-5-7-6-2/h1H,(H2,4,8)(H,5,6,7). The van der Waals surface area contributed by atoms with Gasteiger partial charge in [-0.15, -0.1) is 5.10 Å². The van der Waals surface area contributed by atoms with Gasteiger partial charge in [0.15, 0.2) is 0 Å². The average Bonchev–Trinajstić information content (AvgIpc) is 2.12. The minimum Gasteiger partial charge on any atom is -0.364 e. The van der Waals surface area contributed by atoms with Crippen LogP contribution in [0.1, 0.15) is 10.5 Å². The lowest BCUT2D eigenvalue weighted by atomic mass is 10.5. The van der Waals surface area contributed by atoms with Crippen LogP contribution in [0.2, 0.25) is 0 Å². The molecule has 0 atom stereocenters. The van der Waals surface area contributed by atoms with Gasteiger partial charge in [0.2, 0.25) is 0 Å². The van der Waals surface area contributed by atoms with E-state index in [1.54, 1.807) is 0 Å². The number of hydrogen-bond acceptors (Lipinski definition) is 3. The Hall–Kier alpha value is -1.39. The van der Waals surface area contributed by atoms with Crippen molar-refractivity contribution in [1.82, 2.24) is 15.4 Å². The number of amides is 1. The summed E-state index contributed by atoms with van der Waals surface area (Å²) in [5.41, 5.74) is 5.03. The zero-order valence-electron chi connectivity index (χ0n) is 3.96. The van der Waals surface area contributed by atoms with Crippen molar-refractivity contribution in [2.24, 2.45) is 5.73 Å². The number of hydrogen-bond donors (Lipinski definition) is 2. The van der Waals surface area contributed by atoms with Crippen molar-refractivity contribution in [2.45, 2.75) is 0 Å². The van der Waals surface area contributed by atoms with Gasteiger partial charge in [0.1, 0.15) is 5.69 Å². The molecule has 0 bridgehead atoms. The minimum atomic E-state index is -0.546. The fraction of sp³-hybridized carbons (Fsp3) is 0. The van der Waals surface area contributed by atoms with E-state index in [1.807, 2.05) is 0 Å². The second-order valence-corrected chi connectivity index (χ2v) is 1.23. The second-order valence-electron chi connectivity index (χ2n) is 1.23. The molecule has 0 radical (unpaired) electrons. The molecule has 0 aliphatic rings. The number of aromatic amines is 1. The van der Waals surface area contributed by atoms with Crippen LogP contribution in [0.5, 0.6) is 0 Å². The third-order valence-corrected chi connectivity index (χ3v) is 0.680. The molecule has 0 unspecified atom stereocenters. The van der Waals surface area contributed by atoms with E-state index in [4.69, 9.17) is 5.73 Å². The van der Waals surface area contributed by atoms with Crippen molar-refractivity contribution in [3.05, 3.63) is 11.9 Å². The van der Waals surface area contributed by atoms with Crippen LogP contribution in [0.4, 0.5) is 0 Å². The Bertz CT molecular complexity index is 179. The van der Waals surface area contributed by atoms with Crippen LogP contribution >= 0.6 is 0 Å². The molecule has 5 nitrogen and oxygen atoms in total. The van der Waals surface area contributed by atoms with Gasteiger partial charge in [0, 0.05) is 0 Å². The Kier molecular flexibility index (Phi) is 0.957. The number of aromatic nitrogens is 3. The summed E-state index contributed by atoms with van der Waals surface area (Å²) in [7, 11) is 0. The Morgan fingerprint density at radius 3 is 2.88 bits per heavy atom. The molecule has 0 aromatic carbocycles. The van der Waals surface area contributed by atoms with E-state index < -0.39 is 5.91 Å². The van der Waals surface area contributed by atoms with Crippen molar-refractivity contribution >= 4 is 5.91 Å². The third-order valence-electron chi connectivity index (χ3n) is 0.680.